The summed E-state index contributed by atoms with van der Waals surface area (Å²) in [6, 6.07) is 1.92. The summed E-state index contributed by atoms with van der Waals surface area (Å²) in [5.74, 6) is -0.443. The van der Waals surface area contributed by atoms with Gasteiger partial charge in [-0.05, 0) is 31.4 Å². The van der Waals surface area contributed by atoms with Gasteiger partial charge in [-0.2, -0.15) is 0 Å². The smallest absolute Gasteiger partial charge is 0.325 e. The summed E-state index contributed by atoms with van der Waals surface area (Å²) in [6.45, 7) is 2.74. The van der Waals surface area contributed by atoms with Crippen molar-refractivity contribution in [2.45, 2.75) is 25.2 Å². The third kappa shape index (κ3) is 2.00. The lowest BCUT2D eigenvalue weighted by atomic mass is 9.92. The van der Waals surface area contributed by atoms with E-state index in [0.29, 0.717) is 23.0 Å². The topological polar surface area (TPSA) is 72.6 Å². The van der Waals surface area contributed by atoms with E-state index in [9.17, 15) is 9.59 Å². The van der Waals surface area contributed by atoms with Crippen molar-refractivity contribution < 1.29 is 14.3 Å². The molecule has 102 valence electrons. The molecule has 2 N–H and O–H groups in total. The van der Waals surface area contributed by atoms with Crippen molar-refractivity contribution >= 4 is 28.2 Å². The van der Waals surface area contributed by atoms with Crippen LogP contribution in [0.4, 0.5) is 5.00 Å². The highest BCUT2D eigenvalue weighted by Crippen LogP contribution is 2.54. The third-order valence-corrected chi connectivity index (χ3v) is 4.73. The zero-order chi connectivity index (χ0) is 13.6. The molecule has 0 aromatic carbocycles. The van der Waals surface area contributed by atoms with E-state index < -0.39 is 0 Å². The normalized spacial score (nSPS) is 19.4. The van der Waals surface area contributed by atoms with E-state index in [1.54, 1.807) is 11.8 Å². The number of hydrogen-bond acceptors (Lipinski definition) is 5. The number of nitrogen functional groups attached to an aromatic ring is 1. The van der Waals surface area contributed by atoms with Crippen molar-refractivity contribution in [3.8, 4) is 0 Å². The number of anilines is 1. The average molecular weight is 280 g/mol. The zero-order valence-electron chi connectivity index (χ0n) is 10.8. The molecule has 6 heteroatoms. The Morgan fingerprint density at radius 3 is 2.95 bits per heavy atom. The fourth-order valence-electron chi connectivity index (χ4n) is 2.70. The Kier molecular flexibility index (Phi) is 2.78. The first-order valence-corrected chi connectivity index (χ1v) is 7.22. The fourth-order valence-corrected chi connectivity index (χ4v) is 3.71. The number of carbonyl (C=O) groups is 2. The number of esters is 1. The second-order valence-electron chi connectivity index (χ2n) is 5.14. The van der Waals surface area contributed by atoms with Gasteiger partial charge in [0, 0.05) is 12.0 Å². The van der Waals surface area contributed by atoms with Crippen molar-refractivity contribution in [1.82, 2.24) is 4.90 Å². The number of nitrogens with zero attached hydrogens (tertiary/aromatic N) is 1. The SMILES string of the molecule is CCOC(=O)CN1CC2(CC2)c2cc(N)sc2C1=O. The van der Waals surface area contributed by atoms with Gasteiger partial charge in [0.05, 0.1) is 16.5 Å². The first kappa shape index (κ1) is 12.5. The van der Waals surface area contributed by atoms with Crippen LogP contribution < -0.4 is 5.73 Å². The van der Waals surface area contributed by atoms with Crippen LogP contribution >= 0.6 is 11.3 Å². The minimum Gasteiger partial charge on any atom is -0.465 e. The van der Waals surface area contributed by atoms with Crippen molar-refractivity contribution in [3.05, 3.63) is 16.5 Å². The Hall–Kier alpha value is -1.56. The monoisotopic (exact) mass is 280 g/mol. The summed E-state index contributed by atoms with van der Waals surface area (Å²) >= 11 is 1.32. The van der Waals surface area contributed by atoms with Crippen LogP contribution in [0.25, 0.3) is 0 Å². The predicted octanol–water partition coefficient (Wildman–Crippen LogP) is 1.38. The summed E-state index contributed by atoms with van der Waals surface area (Å²) < 4.78 is 4.92. The lowest BCUT2D eigenvalue weighted by molar-refractivity contribution is -0.143. The molecular weight excluding hydrogens is 264 g/mol. The Labute approximate surface area is 115 Å². The molecule has 0 bridgehead atoms. The van der Waals surface area contributed by atoms with E-state index in [4.69, 9.17) is 10.5 Å². The average Bonchev–Trinajstić information content (AvgIpc) is 3.00. The number of amides is 1. The van der Waals surface area contributed by atoms with Crippen LogP contribution in [0.15, 0.2) is 6.07 Å². The lowest BCUT2D eigenvalue weighted by Gasteiger charge is -2.32. The van der Waals surface area contributed by atoms with E-state index in [2.05, 4.69) is 0 Å². The van der Waals surface area contributed by atoms with E-state index in [0.717, 1.165) is 18.4 Å². The molecule has 0 atom stereocenters. The van der Waals surface area contributed by atoms with Gasteiger partial charge < -0.3 is 15.4 Å². The molecule has 19 heavy (non-hydrogen) atoms. The minimum atomic E-state index is -0.348. The number of rotatable bonds is 3. The van der Waals surface area contributed by atoms with Crippen LogP contribution in [-0.4, -0.2) is 36.5 Å². The summed E-state index contributed by atoms with van der Waals surface area (Å²) in [6.07, 6.45) is 2.12. The molecule has 2 aliphatic rings. The van der Waals surface area contributed by atoms with Crippen LogP contribution in [0.5, 0.6) is 0 Å². The molecular formula is C13H16N2O3S. The number of ether oxygens (including phenoxy) is 1. The summed E-state index contributed by atoms with van der Waals surface area (Å²) in [4.78, 5) is 26.2. The highest BCUT2D eigenvalue weighted by molar-refractivity contribution is 7.18. The number of carbonyl (C=O) groups excluding carboxylic acids is 2. The number of nitrogens with two attached hydrogens (primary N) is 1. The van der Waals surface area contributed by atoms with Crippen LogP contribution in [0.2, 0.25) is 0 Å². The largest absolute Gasteiger partial charge is 0.465 e. The maximum absolute atomic E-state index is 12.4. The van der Waals surface area contributed by atoms with Gasteiger partial charge in [0.2, 0.25) is 0 Å². The van der Waals surface area contributed by atoms with Gasteiger partial charge in [-0.15, -0.1) is 11.3 Å². The van der Waals surface area contributed by atoms with Crippen molar-refractivity contribution in [1.29, 1.82) is 0 Å². The third-order valence-electron chi connectivity index (χ3n) is 3.78. The lowest BCUT2D eigenvalue weighted by Crippen LogP contribution is -2.45. The highest BCUT2D eigenvalue weighted by Gasteiger charge is 2.52. The Morgan fingerprint density at radius 2 is 2.32 bits per heavy atom. The Morgan fingerprint density at radius 1 is 1.58 bits per heavy atom. The van der Waals surface area contributed by atoms with Gasteiger partial charge >= 0.3 is 5.97 Å². The van der Waals surface area contributed by atoms with Crippen LogP contribution in [-0.2, 0) is 14.9 Å². The molecule has 1 aliphatic heterocycles. The minimum absolute atomic E-state index is 0.0334. The maximum Gasteiger partial charge on any atom is 0.325 e. The molecule has 1 aliphatic carbocycles. The zero-order valence-corrected chi connectivity index (χ0v) is 11.6. The van der Waals surface area contributed by atoms with Crippen LogP contribution in [0.1, 0.15) is 35.0 Å². The molecule has 3 rings (SSSR count). The molecule has 5 nitrogen and oxygen atoms in total. The van der Waals surface area contributed by atoms with Crippen molar-refractivity contribution in [3.63, 3.8) is 0 Å². The van der Waals surface area contributed by atoms with Crippen molar-refractivity contribution in [2.24, 2.45) is 0 Å². The molecule has 0 unspecified atom stereocenters. The number of fused-ring (bicyclic) bond motifs is 2. The predicted molar refractivity (Wildman–Crippen MR) is 72.2 cm³/mol. The molecule has 0 saturated heterocycles. The van der Waals surface area contributed by atoms with E-state index >= 15 is 0 Å². The Balaban J connectivity index is 1.87. The molecule has 1 spiro atoms. The van der Waals surface area contributed by atoms with Gasteiger partial charge in [-0.25, -0.2) is 0 Å². The molecule has 2 heterocycles. The highest BCUT2D eigenvalue weighted by atomic mass is 32.1. The number of hydrogen-bond donors (Lipinski definition) is 1. The first-order valence-electron chi connectivity index (χ1n) is 6.40. The van der Waals surface area contributed by atoms with Gasteiger partial charge in [-0.1, -0.05) is 0 Å². The van der Waals surface area contributed by atoms with E-state index in [1.165, 1.54) is 11.3 Å². The maximum atomic E-state index is 12.4. The summed E-state index contributed by atoms with van der Waals surface area (Å²) in [5.41, 5.74) is 6.95. The second kappa shape index (κ2) is 4.23. The molecule has 0 radical (unpaired) electrons. The van der Waals surface area contributed by atoms with Crippen LogP contribution in [0, 0.1) is 0 Å². The molecule has 1 amide bonds. The van der Waals surface area contributed by atoms with E-state index in [-0.39, 0.29) is 23.8 Å². The van der Waals surface area contributed by atoms with Gasteiger partial charge in [0.1, 0.15) is 6.54 Å². The Bertz CT molecular complexity index is 548. The quantitative estimate of drug-likeness (QED) is 0.849. The van der Waals surface area contributed by atoms with Crippen LogP contribution in [0.3, 0.4) is 0 Å². The molecule has 1 aromatic rings. The first-order chi connectivity index (χ1) is 9.05. The van der Waals surface area contributed by atoms with Gasteiger partial charge in [0.25, 0.3) is 5.91 Å². The molecule has 1 fully saturated rings. The standard InChI is InChI=1S/C13H16N2O3S/c1-2-18-10(16)6-15-7-13(3-4-13)8-5-9(14)19-11(8)12(15)17/h5H,2-4,6-7,14H2,1H3. The summed E-state index contributed by atoms with van der Waals surface area (Å²) in [7, 11) is 0. The van der Waals surface area contributed by atoms with Gasteiger partial charge in [-0.3, -0.25) is 9.59 Å². The number of thiophene rings is 1. The molecule has 1 aromatic heterocycles. The fraction of sp³-hybridized carbons (Fsp3) is 0.538. The van der Waals surface area contributed by atoms with E-state index in [1.807, 2.05) is 6.07 Å². The second-order valence-corrected chi connectivity index (χ2v) is 6.22. The van der Waals surface area contributed by atoms with Gasteiger partial charge in [0.15, 0.2) is 0 Å². The van der Waals surface area contributed by atoms with Crippen molar-refractivity contribution in [2.75, 3.05) is 25.4 Å². The summed E-state index contributed by atoms with van der Waals surface area (Å²) in [5, 5.41) is 0.669. The molecule has 1 saturated carbocycles.